The number of hydrogen-bond acceptors (Lipinski definition) is 3. The molecular formula is C13H17NO2. The number of methoxy groups -OCH3 is 1. The number of carbonyl (C=O) groups excluding carboxylic acids is 1. The van der Waals surface area contributed by atoms with Crippen molar-refractivity contribution in [1.82, 2.24) is 0 Å². The predicted molar refractivity (Wildman–Crippen MR) is 64.1 cm³/mol. The molecule has 0 spiro atoms. The average molecular weight is 219 g/mol. The largest absolute Gasteiger partial charge is 0.465 e. The molecule has 0 aliphatic carbocycles. The van der Waals surface area contributed by atoms with Crippen LogP contribution in [0.5, 0.6) is 0 Å². The second-order valence-electron chi connectivity index (χ2n) is 3.55. The molecule has 1 atom stereocenters. The van der Waals surface area contributed by atoms with E-state index in [1.165, 1.54) is 7.11 Å². The first-order chi connectivity index (χ1) is 7.70. The zero-order chi connectivity index (χ0) is 12.0. The van der Waals surface area contributed by atoms with Crippen molar-refractivity contribution < 1.29 is 9.53 Å². The summed E-state index contributed by atoms with van der Waals surface area (Å²) in [6.07, 6.45) is 3.43. The van der Waals surface area contributed by atoms with Gasteiger partial charge in [0, 0.05) is 6.04 Å². The highest BCUT2D eigenvalue weighted by molar-refractivity contribution is 5.91. The maximum absolute atomic E-state index is 11.5. The number of nitrogens with two attached hydrogens (primary N) is 1. The van der Waals surface area contributed by atoms with E-state index in [9.17, 15) is 4.79 Å². The molecule has 0 amide bonds. The van der Waals surface area contributed by atoms with Crippen molar-refractivity contribution in [2.75, 3.05) is 7.11 Å². The van der Waals surface area contributed by atoms with Gasteiger partial charge in [-0.05, 0) is 24.5 Å². The van der Waals surface area contributed by atoms with E-state index in [0.717, 1.165) is 18.4 Å². The molecule has 0 radical (unpaired) electrons. The molecule has 0 fully saturated rings. The average Bonchev–Trinajstić information content (AvgIpc) is 2.35. The maximum Gasteiger partial charge on any atom is 0.338 e. The maximum atomic E-state index is 11.5. The van der Waals surface area contributed by atoms with E-state index in [4.69, 9.17) is 10.5 Å². The smallest absolute Gasteiger partial charge is 0.338 e. The minimum Gasteiger partial charge on any atom is -0.465 e. The Balaban J connectivity index is 2.93. The third-order valence-corrected chi connectivity index (χ3v) is 2.45. The van der Waals surface area contributed by atoms with Crippen LogP contribution < -0.4 is 5.73 Å². The Labute approximate surface area is 95.9 Å². The molecule has 0 saturated carbocycles. The van der Waals surface area contributed by atoms with Gasteiger partial charge < -0.3 is 10.5 Å². The monoisotopic (exact) mass is 219 g/mol. The molecule has 0 aliphatic heterocycles. The summed E-state index contributed by atoms with van der Waals surface area (Å²) in [6, 6.07) is 7.11. The second kappa shape index (κ2) is 6.08. The van der Waals surface area contributed by atoms with Crippen LogP contribution in [0.3, 0.4) is 0 Å². The van der Waals surface area contributed by atoms with Crippen molar-refractivity contribution in [2.24, 2.45) is 5.73 Å². The summed E-state index contributed by atoms with van der Waals surface area (Å²) in [6.45, 7) is 3.65. The van der Waals surface area contributed by atoms with Gasteiger partial charge in [-0.3, -0.25) is 0 Å². The summed E-state index contributed by atoms with van der Waals surface area (Å²) >= 11 is 0. The lowest BCUT2D eigenvalue weighted by Crippen LogP contribution is -2.15. The summed E-state index contributed by atoms with van der Waals surface area (Å²) in [5.74, 6) is -0.343. The Kier molecular flexibility index (Phi) is 4.73. The first-order valence-electron chi connectivity index (χ1n) is 5.24. The van der Waals surface area contributed by atoms with Crippen LogP contribution in [0.1, 0.15) is 34.8 Å². The van der Waals surface area contributed by atoms with E-state index in [1.54, 1.807) is 12.1 Å². The SMILES string of the molecule is C=CCC[C@H](N)c1ccccc1C(=O)OC. The minimum atomic E-state index is -0.343. The van der Waals surface area contributed by atoms with E-state index >= 15 is 0 Å². The molecule has 3 nitrogen and oxygen atoms in total. The molecule has 1 rings (SSSR count). The van der Waals surface area contributed by atoms with Gasteiger partial charge in [0.25, 0.3) is 0 Å². The molecule has 0 aromatic heterocycles. The van der Waals surface area contributed by atoms with E-state index < -0.39 is 0 Å². The summed E-state index contributed by atoms with van der Waals surface area (Å²) in [5.41, 5.74) is 7.39. The molecule has 0 aliphatic rings. The number of allylic oxidation sites excluding steroid dienone is 1. The molecule has 1 aromatic rings. The van der Waals surface area contributed by atoms with Crippen LogP contribution in [0.2, 0.25) is 0 Å². The highest BCUT2D eigenvalue weighted by atomic mass is 16.5. The molecule has 16 heavy (non-hydrogen) atoms. The number of rotatable bonds is 5. The van der Waals surface area contributed by atoms with E-state index in [1.807, 2.05) is 18.2 Å². The molecule has 0 heterocycles. The van der Waals surface area contributed by atoms with Gasteiger partial charge in [0.05, 0.1) is 12.7 Å². The predicted octanol–water partition coefficient (Wildman–Crippen LogP) is 2.44. The fraction of sp³-hybridized carbons (Fsp3) is 0.308. The van der Waals surface area contributed by atoms with Crippen molar-refractivity contribution >= 4 is 5.97 Å². The first-order valence-corrected chi connectivity index (χ1v) is 5.24. The van der Waals surface area contributed by atoms with Crippen LogP contribution in [-0.2, 0) is 4.74 Å². The fourth-order valence-electron chi connectivity index (χ4n) is 1.57. The zero-order valence-electron chi connectivity index (χ0n) is 9.48. The Morgan fingerprint density at radius 1 is 1.56 bits per heavy atom. The lowest BCUT2D eigenvalue weighted by atomic mass is 9.97. The van der Waals surface area contributed by atoms with Crippen LogP contribution in [0, 0.1) is 0 Å². The molecule has 3 heteroatoms. The van der Waals surface area contributed by atoms with E-state index in [2.05, 4.69) is 6.58 Å². The molecular weight excluding hydrogens is 202 g/mol. The Bertz CT molecular complexity index is 374. The second-order valence-corrected chi connectivity index (χ2v) is 3.55. The topological polar surface area (TPSA) is 52.3 Å². The summed E-state index contributed by atoms with van der Waals surface area (Å²) in [4.78, 5) is 11.5. The third kappa shape index (κ3) is 2.94. The summed E-state index contributed by atoms with van der Waals surface area (Å²) in [7, 11) is 1.37. The van der Waals surface area contributed by atoms with Crippen LogP contribution in [0.25, 0.3) is 0 Å². The molecule has 2 N–H and O–H groups in total. The molecule has 0 unspecified atom stereocenters. The van der Waals surface area contributed by atoms with Crippen LogP contribution >= 0.6 is 0 Å². The van der Waals surface area contributed by atoms with Gasteiger partial charge in [-0.25, -0.2) is 4.79 Å². The van der Waals surface area contributed by atoms with Crippen LogP contribution in [-0.4, -0.2) is 13.1 Å². The van der Waals surface area contributed by atoms with Crippen LogP contribution in [0.15, 0.2) is 36.9 Å². The Morgan fingerprint density at radius 3 is 2.88 bits per heavy atom. The Morgan fingerprint density at radius 2 is 2.25 bits per heavy atom. The normalized spacial score (nSPS) is 11.9. The first kappa shape index (κ1) is 12.5. The molecule has 0 saturated heterocycles. The lowest BCUT2D eigenvalue weighted by molar-refractivity contribution is 0.0599. The lowest BCUT2D eigenvalue weighted by Gasteiger charge is -2.14. The highest BCUT2D eigenvalue weighted by Gasteiger charge is 2.15. The molecule has 1 aromatic carbocycles. The van der Waals surface area contributed by atoms with Gasteiger partial charge in [0.2, 0.25) is 0 Å². The van der Waals surface area contributed by atoms with Gasteiger partial charge in [0.15, 0.2) is 0 Å². The quantitative estimate of drug-likeness (QED) is 0.611. The van der Waals surface area contributed by atoms with Crippen molar-refractivity contribution in [2.45, 2.75) is 18.9 Å². The zero-order valence-corrected chi connectivity index (χ0v) is 9.48. The molecule has 86 valence electrons. The highest BCUT2D eigenvalue weighted by Crippen LogP contribution is 2.20. The van der Waals surface area contributed by atoms with Gasteiger partial charge in [-0.2, -0.15) is 0 Å². The standard InChI is InChI=1S/C13H17NO2/c1-3-4-9-12(14)10-7-5-6-8-11(10)13(15)16-2/h3,5-8,12H,1,4,9,14H2,2H3/t12-/m0/s1. The number of ether oxygens (including phenoxy) is 1. The molecule has 0 bridgehead atoms. The van der Waals surface area contributed by atoms with E-state index in [0.29, 0.717) is 5.56 Å². The number of esters is 1. The number of benzene rings is 1. The fourth-order valence-corrected chi connectivity index (χ4v) is 1.57. The summed E-state index contributed by atoms with van der Waals surface area (Å²) in [5, 5.41) is 0. The Hall–Kier alpha value is -1.61. The van der Waals surface area contributed by atoms with Gasteiger partial charge in [0.1, 0.15) is 0 Å². The van der Waals surface area contributed by atoms with Gasteiger partial charge in [-0.15, -0.1) is 6.58 Å². The van der Waals surface area contributed by atoms with Crippen molar-refractivity contribution in [3.05, 3.63) is 48.0 Å². The van der Waals surface area contributed by atoms with Gasteiger partial charge in [-0.1, -0.05) is 24.3 Å². The van der Waals surface area contributed by atoms with Crippen LogP contribution in [0.4, 0.5) is 0 Å². The number of carbonyl (C=O) groups is 1. The van der Waals surface area contributed by atoms with Gasteiger partial charge >= 0.3 is 5.97 Å². The summed E-state index contributed by atoms with van der Waals surface area (Å²) < 4.78 is 4.72. The minimum absolute atomic E-state index is 0.159. The van der Waals surface area contributed by atoms with Crippen molar-refractivity contribution in [3.63, 3.8) is 0 Å². The van der Waals surface area contributed by atoms with Crippen molar-refractivity contribution in [1.29, 1.82) is 0 Å². The number of hydrogen-bond donors (Lipinski definition) is 1. The third-order valence-electron chi connectivity index (χ3n) is 2.45. The van der Waals surface area contributed by atoms with E-state index in [-0.39, 0.29) is 12.0 Å². The van der Waals surface area contributed by atoms with Crippen molar-refractivity contribution in [3.8, 4) is 0 Å².